The molecule has 1 aliphatic rings. The van der Waals surface area contributed by atoms with Gasteiger partial charge < -0.3 is 25.2 Å². The number of urea groups is 1. The van der Waals surface area contributed by atoms with Gasteiger partial charge in [-0.25, -0.2) is 4.79 Å². The first-order valence-corrected chi connectivity index (χ1v) is 14.7. The van der Waals surface area contributed by atoms with Crippen LogP contribution in [0.3, 0.4) is 0 Å². The normalized spacial score (nSPS) is 19.5. The fraction of sp³-hybridized carbons (Fsp3) is 0.343. The van der Waals surface area contributed by atoms with Gasteiger partial charge in [0.15, 0.2) is 6.29 Å². The molecule has 4 aromatic carbocycles. The molecule has 42 heavy (non-hydrogen) atoms. The van der Waals surface area contributed by atoms with Crippen LogP contribution in [0.5, 0.6) is 0 Å². The number of hydrogen-bond donors (Lipinski definition) is 3. The Labute approximate surface area is 248 Å². The third kappa shape index (κ3) is 7.36. The molecule has 0 bridgehead atoms. The van der Waals surface area contributed by atoms with E-state index in [2.05, 4.69) is 72.0 Å². The summed E-state index contributed by atoms with van der Waals surface area (Å²) in [6, 6.07) is 31.1. The molecule has 7 nitrogen and oxygen atoms in total. The zero-order valence-corrected chi connectivity index (χ0v) is 24.6. The Morgan fingerprint density at radius 3 is 2.31 bits per heavy atom. The van der Waals surface area contributed by atoms with Gasteiger partial charge in [-0.1, -0.05) is 84.9 Å². The van der Waals surface area contributed by atoms with Crippen LogP contribution >= 0.6 is 0 Å². The summed E-state index contributed by atoms with van der Waals surface area (Å²) < 4.78 is 13.1. The maximum Gasteiger partial charge on any atom is 0.315 e. The van der Waals surface area contributed by atoms with Crippen molar-refractivity contribution in [2.75, 3.05) is 20.1 Å². The minimum atomic E-state index is -0.527. The zero-order valence-electron chi connectivity index (χ0n) is 24.6. The van der Waals surface area contributed by atoms with Gasteiger partial charge in [0.1, 0.15) is 0 Å². The van der Waals surface area contributed by atoms with E-state index in [4.69, 9.17) is 9.47 Å². The summed E-state index contributed by atoms with van der Waals surface area (Å²) >= 11 is 0. The number of benzene rings is 4. The van der Waals surface area contributed by atoms with Crippen LogP contribution in [0.4, 0.5) is 4.79 Å². The lowest BCUT2D eigenvalue weighted by atomic mass is 9.98. The van der Waals surface area contributed by atoms with E-state index < -0.39 is 6.29 Å². The van der Waals surface area contributed by atoms with E-state index in [1.807, 2.05) is 55.5 Å². The lowest BCUT2D eigenvalue weighted by molar-refractivity contribution is -0.253. The second-order valence-electron chi connectivity index (χ2n) is 11.0. The molecular formula is C35H41N3O4. The Bertz CT molecular complexity index is 1460. The summed E-state index contributed by atoms with van der Waals surface area (Å²) in [6.45, 7) is 5.91. The van der Waals surface area contributed by atoms with E-state index in [-0.39, 0.29) is 30.9 Å². The number of likely N-dealkylation sites (N-methyl/N-ethyl adjacent to an activating group) is 1. The van der Waals surface area contributed by atoms with Crippen molar-refractivity contribution in [2.45, 2.75) is 58.0 Å². The van der Waals surface area contributed by atoms with Gasteiger partial charge in [-0.15, -0.1) is 0 Å². The third-order valence-corrected chi connectivity index (χ3v) is 8.07. The van der Waals surface area contributed by atoms with Gasteiger partial charge >= 0.3 is 6.03 Å². The van der Waals surface area contributed by atoms with Crippen LogP contribution in [0.1, 0.15) is 66.5 Å². The fourth-order valence-corrected chi connectivity index (χ4v) is 5.43. The van der Waals surface area contributed by atoms with E-state index in [0.717, 1.165) is 35.2 Å². The molecule has 0 saturated carbocycles. The molecule has 7 heteroatoms. The summed E-state index contributed by atoms with van der Waals surface area (Å²) in [5, 5.41) is 17.6. The number of carbonyl (C=O) groups is 1. The smallest absolute Gasteiger partial charge is 0.315 e. The van der Waals surface area contributed by atoms with Crippen molar-refractivity contribution in [3.63, 3.8) is 0 Å². The first-order valence-electron chi connectivity index (χ1n) is 14.7. The molecular weight excluding hydrogens is 526 g/mol. The summed E-state index contributed by atoms with van der Waals surface area (Å²) in [5.74, 6) is 0. The third-order valence-electron chi connectivity index (χ3n) is 8.07. The average molecular weight is 568 g/mol. The van der Waals surface area contributed by atoms with Gasteiger partial charge in [0, 0.05) is 37.7 Å². The Morgan fingerprint density at radius 1 is 0.905 bits per heavy atom. The first-order chi connectivity index (χ1) is 20.4. The average Bonchev–Trinajstić information content (AvgIpc) is 3.03. The number of nitrogens with one attached hydrogen (secondary N) is 2. The molecule has 0 spiro atoms. The topological polar surface area (TPSA) is 83.1 Å². The Kier molecular flexibility index (Phi) is 9.87. The molecule has 1 saturated heterocycles. The Morgan fingerprint density at radius 2 is 1.60 bits per heavy atom. The van der Waals surface area contributed by atoms with Gasteiger partial charge in [0.25, 0.3) is 0 Å². The van der Waals surface area contributed by atoms with E-state index in [9.17, 15) is 9.90 Å². The van der Waals surface area contributed by atoms with Gasteiger partial charge in [-0.2, -0.15) is 0 Å². The van der Waals surface area contributed by atoms with Crippen LogP contribution in [0, 0.1) is 0 Å². The molecule has 2 amide bonds. The van der Waals surface area contributed by atoms with Crippen LogP contribution < -0.4 is 10.6 Å². The molecule has 4 atom stereocenters. The van der Waals surface area contributed by atoms with Gasteiger partial charge in [0.2, 0.25) is 0 Å². The predicted molar refractivity (Wildman–Crippen MR) is 166 cm³/mol. The van der Waals surface area contributed by atoms with Crippen molar-refractivity contribution < 1.29 is 19.4 Å². The summed E-state index contributed by atoms with van der Waals surface area (Å²) in [6.07, 6.45) is -0.0116. The molecule has 5 rings (SSSR count). The molecule has 4 aromatic rings. The molecule has 3 N–H and O–H groups in total. The van der Waals surface area contributed by atoms with E-state index in [1.165, 1.54) is 16.3 Å². The molecule has 0 unspecified atom stereocenters. The highest BCUT2D eigenvalue weighted by atomic mass is 16.7. The van der Waals surface area contributed by atoms with Crippen molar-refractivity contribution in [2.24, 2.45) is 0 Å². The summed E-state index contributed by atoms with van der Waals surface area (Å²) in [4.78, 5) is 14.1. The number of amides is 2. The largest absolute Gasteiger partial charge is 0.392 e. The number of ether oxygens (including phenoxy) is 2. The maximum atomic E-state index is 11.8. The highest BCUT2D eigenvalue weighted by molar-refractivity contribution is 5.83. The number of aliphatic hydroxyl groups excluding tert-OH is 1. The highest BCUT2D eigenvalue weighted by Gasteiger charge is 2.33. The summed E-state index contributed by atoms with van der Waals surface area (Å²) in [5.41, 5.74) is 5.15. The summed E-state index contributed by atoms with van der Waals surface area (Å²) in [7, 11) is 2.15. The number of carbonyl (C=O) groups excluding carboxylic acids is 1. The number of fused-ring (bicyclic) bond motifs is 1. The highest BCUT2D eigenvalue weighted by Crippen LogP contribution is 2.38. The lowest BCUT2D eigenvalue weighted by Gasteiger charge is -2.39. The van der Waals surface area contributed by atoms with Crippen LogP contribution in [-0.4, -0.2) is 42.3 Å². The van der Waals surface area contributed by atoms with Crippen molar-refractivity contribution in [1.29, 1.82) is 0 Å². The van der Waals surface area contributed by atoms with Gasteiger partial charge in [0.05, 0.1) is 18.8 Å². The molecule has 0 aliphatic carbocycles. The van der Waals surface area contributed by atoms with Crippen molar-refractivity contribution in [3.05, 3.63) is 119 Å². The molecule has 0 radical (unpaired) electrons. The van der Waals surface area contributed by atoms with E-state index >= 15 is 0 Å². The molecule has 1 fully saturated rings. The Balaban J connectivity index is 1.31. The molecule has 0 aromatic heterocycles. The van der Waals surface area contributed by atoms with Crippen molar-refractivity contribution in [1.82, 2.24) is 15.5 Å². The van der Waals surface area contributed by atoms with E-state index in [1.54, 1.807) is 0 Å². The standard InChI is InChI=1S/C35H41N3O4/c1-4-36-35(40)37-21-25-9-15-29(16-10-25)34-41-32(20-33(42-34)28-13-11-26(23-39)12-14-28)22-38(3)24(2)30-18-17-27-7-5-6-8-31(27)19-30/h5-19,24,32-34,39H,4,20-23H2,1-3H3,(H2,36,37,40)/t24-,32+,33-,34-/m1/s1. The quantitative estimate of drug-likeness (QED) is 0.207. The molecule has 1 aliphatic heterocycles. The number of hydrogen-bond acceptors (Lipinski definition) is 5. The maximum absolute atomic E-state index is 11.8. The number of nitrogens with zero attached hydrogens (tertiary/aromatic N) is 1. The number of aliphatic hydroxyl groups is 1. The first kappa shape index (κ1) is 29.7. The second kappa shape index (κ2) is 13.9. The predicted octanol–water partition coefficient (Wildman–Crippen LogP) is 6.39. The van der Waals surface area contributed by atoms with Crippen LogP contribution in [0.2, 0.25) is 0 Å². The van der Waals surface area contributed by atoms with Crippen LogP contribution in [0.25, 0.3) is 10.8 Å². The van der Waals surface area contributed by atoms with E-state index in [0.29, 0.717) is 13.1 Å². The molecule has 220 valence electrons. The zero-order chi connectivity index (χ0) is 29.5. The van der Waals surface area contributed by atoms with Crippen LogP contribution in [-0.2, 0) is 22.6 Å². The monoisotopic (exact) mass is 567 g/mol. The van der Waals surface area contributed by atoms with Crippen molar-refractivity contribution in [3.8, 4) is 0 Å². The number of rotatable bonds is 10. The van der Waals surface area contributed by atoms with Gasteiger partial charge in [-0.3, -0.25) is 4.90 Å². The fourth-order valence-electron chi connectivity index (χ4n) is 5.43. The second-order valence-corrected chi connectivity index (χ2v) is 11.0. The minimum absolute atomic E-state index is 0.0128. The SMILES string of the molecule is CCNC(=O)NCc1ccc([C@@H]2O[C@H](CN(C)[C@H](C)c3ccc4ccccc4c3)C[C@H](c3ccc(CO)cc3)O2)cc1. The van der Waals surface area contributed by atoms with Crippen LogP contribution in [0.15, 0.2) is 91.0 Å². The van der Waals surface area contributed by atoms with Crippen molar-refractivity contribution >= 4 is 16.8 Å². The Hall–Kier alpha value is -3.75. The lowest BCUT2D eigenvalue weighted by Crippen LogP contribution is -2.38. The molecule has 1 heterocycles. The van der Waals surface area contributed by atoms with Gasteiger partial charge in [-0.05, 0) is 60.0 Å². The minimum Gasteiger partial charge on any atom is -0.392 e.